The predicted octanol–water partition coefficient (Wildman–Crippen LogP) is 2.45. The monoisotopic (exact) mass is 265 g/mol. The molecule has 0 saturated carbocycles. The van der Waals surface area contributed by atoms with Crippen molar-refractivity contribution in [2.45, 2.75) is 11.8 Å². The van der Waals surface area contributed by atoms with E-state index in [9.17, 15) is 12.8 Å². The van der Waals surface area contributed by atoms with E-state index >= 15 is 0 Å². The minimum atomic E-state index is -3.83. The molecular weight excluding hydrogens is 253 g/mol. The summed E-state index contributed by atoms with van der Waals surface area (Å²) < 4.78 is 36.4. The van der Waals surface area contributed by atoms with Crippen molar-refractivity contribution < 1.29 is 12.8 Å². The van der Waals surface area contributed by atoms with Gasteiger partial charge in [-0.25, -0.2) is 17.9 Å². The van der Waals surface area contributed by atoms with Gasteiger partial charge in [0.05, 0.1) is 4.90 Å². The molecule has 0 aromatic heterocycles. The summed E-state index contributed by atoms with van der Waals surface area (Å²) in [5.41, 5.74) is 1.40. The smallest absolute Gasteiger partial charge is 0.225 e. The van der Waals surface area contributed by atoms with Crippen LogP contribution in [0.3, 0.4) is 0 Å². The van der Waals surface area contributed by atoms with Gasteiger partial charge in [0.15, 0.2) is 0 Å². The summed E-state index contributed by atoms with van der Waals surface area (Å²) in [4.78, 5) is -0.00625. The zero-order valence-corrected chi connectivity index (χ0v) is 10.5. The molecule has 0 saturated heterocycles. The Morgan fingerprint density at radius 1 is 1.11 bits per heavy atom. The van der Waals surface area contributed by atoms with Crippen LogP contribution in [0.1, 0.15) is 5.56 Å². The van der Waals surface area contributed by atoms with E-state index in [-0.39, 0.29) is 10.7 Å². The number of hydrogen-bond acceptors (Lipinski definition) is 2. The maximum Gasteiger partial charge on any atom is 0.238 e. The number of sulfonamides is 1. The van der Waals surface area contributed by atoms with Crippen LogP contribution in [0.4, 0.5) is 4.39 Å². The molecule has 0 heterocycles. The molecule has 2 rings (SSSR count). The summed E-state index contributed by atoms with van der Waals surface area (Å²) >= 11 is 0. The lowest BCUT2D eigenvalue weighted by molar-refractivity contribution is 0.598. The molecule has 0 fully saturated rings. The number of aryl methyl sites for hydroxylation is 1. The molecule has 3 nitrogen and oxygen atoms in total. The topological polar surface area (TPSA) is 60.2 Å². The second-order valence-corrected chi connectivity index (χ2v) is 5.53. The molecule has 18 heavy (non-hydrogen) atoms. The van der Waals surface area contributed by atoms with Crippen LogP contribution >= 0.6 is 0 Å². The second kappa shape index (κ2) is 4.51. The molecule has 2 aromatic rings. The Morgan fingerprint density at radius 3 is 2.39 bits per heavy atom. The van der Waals surface area contributed by atoms with E-state index in [0.29, 0.717) is 16.7 Å². The van der Waals surface area contributed by atoms with E-state index in [2.05, 4.69) is 0 Å². The SMILES string of the molecule is Cc1ccc(-c2ccccc2S(N)(=O)=O)cc1F. The standard InChI is InChI=1S/C13H12FNO2S/c1-9-6-7-10(8-12(9)14)11-4-2-3-5-13(11)18(15,16)17/h2-8H,1H3,(H2,15,16,17). The molecule has 0 bridgehead atoms. The van der Waals surface area contributed by atoms with Gasteiger partial charge in [0.25, 0.3) is 0 Å². The molecule has 0 unspecified atom stereocenters. The maximum absolute atomic E-state index is 13.5. The van der Waals surface area contributed by atoms with Crippen LogP contribution in [0.15, 0.2) is 47.4 Å². The van der Waals surface area contributed by atoms with Gasteiger partial charge in [0, 0.05) is 5.56 Å². The summed E-state index contributed by atoms with van der Waals surface area (Å²) in [6.07, 6.45) is 0. The zero-order chi connectivity index (χ0) is 13.3. The number of rotatable bonds is 2. The molecule has 0 atom stereocenters. The van der Waals surface area contributed by atoms with Gasteiger partial charge in [-0.05, 0) is 30.2 Å². The number of halogens is 1. The Kier molecular flexibility index (Phi) is 3.19. The number of hydrogen-bond donors (Lipinski definition) is 1. The van der Waals surface area contributed by atoms with Crippen LogP contribution in [-0.4, -0.2) is 8.42 Å². The average Bonchev–Trinajstić information content (AvgIpc) is 2.32. The van der Waals surface area contributed by atoms with Crippen molar-refractivity contribution in [3.05, 3.63) is 53.8 Å². The van der Waals surface area contributed by atoms with Crippen molar-refractivity contribution in [3.63, 3.8) is 0 Å². The first-order valence-corrected chi connectivity index (χ1v) is 6.82. The largest absolute Gasteiger partial charge is 0.238 e. The first-order chi connectivity index (χ1) is 8.39. The Bertz CT molecular complexity index is 696. The highest BCUT2D eigenvalue weighted by Crippen LogP contribution is 2.27. The molecule has 0 aliphatic heterocycles. The Balaban J connectivity index is 2.68. The van der Waals surface area contributed by atoms with Gasteiger partial charge >= 0.3 is 0 Å². The molecule has 2 aromatic carbocycles. The average molecular weight is 265 g/mol. The molecule has 94 valence electrons. The summed E-state index contributed by atoms with van der Waals surface area (Å²) in [5, 5.41) is 5.14. The van der Waals surface area contributed by atoms with Gasteiger partial charge in [-0.15, -0.1) is 0 Å². The molecule has 2 N–H and O–H groups in total. The second-order valence-electron chi connectivity index (χ2n) is 4.01. The Morgan fingerprint density at radius 2 is 1.78 bits per heavy atom. The molecular formula is C13H12FNO2S. The quantitative estimate of drug-likeness (QED) is 0.906. The molecule has 0 spiro atoms. The Hall–Kier alpha value is -1.72. The number of nitrogens with two attached hydrogens (primary N) is 1. The number of primary sulfonamides is 1. The minimum Gasteiger partial charge on any atom is -0.225 e. The molecule has 5 heteroatoms. The molecule has 0 amide bonds. The lowest BCUT2D eigenvalue weighted by Gasteiger charge is -2.08. The van der Waals surface area contributed by atoms with Crippen LogP contribution in [0.5, 0.6) is 0 Å². The fraction of sp³-hybridized carbons (Fsp3) is 0.0769. The van der Waals surface area contributed by atoms with Crippen LogP contribution in [0, 0.1) is 12.7 Å². The van der Waals surface area contributed by atoms with Crippen LogP contribution < -0.4 is 5.14 Å². The fourth-order valence-electron chi connectivity index (χ4n) is 1.71. The highest BCUT2D eigenvalue weighted by molar-refractivity contribution is 7.89. The van der Waals surface area contributed by atoms with Crippen LogP contribution in [0.25, 0.3) is 11.1 Å². The molecule has 0 aliphatic carbocycles. The number of benzene rings is 2. The van der Waals surface area contributed by atoms with Crippen molar-refractivity contribution in [1.29, 1.82) is 0 Å². The van der Waals surface area contributed by atoms with Gasteiger partial charge < -0.3 is 0 Å². The minimum absolute atomic E-state index is 0.00625. The van der Waals surface area contributed by atoms with E-state index in [1.54, 1.807) is 37.3 Å². The van der Waals surface area contributed by atoms with E-state index in [4.69, 9.17) is 5.14 Å². The third-order valence-corrected chi connectivity index (χ3v) is 3.65. The lowest BCUT2D eigenvalue weighted by atomic mass is 10.0. The molecule has 0 aliphatic rings. The van der Waals surface area contributed by atoms with Gasteiger partial charge in [0.2, 0.25) is 10.0 Å². The normalized spacial score (nSPS) is 11.5. The van der Waals surface area contributed by atoms with Crippen molar-refractivity contribution >= 4 is 10.0 Å². The summed E-state index contributed by atoms with van der Waals surface area (Å²) in [5.74, 6) is -0.378. The van der Waals surface area contributed by atoms with E-state index < -0.39 is 10.0 Å². The van der Waals surface area contributed by atoms with E-state index in [1.165, 1.54) is 12.1 Å². The van der Waals surface area contributed by atoms with E-state index in [1.807, 2.05) is 0 Å². The predicted molar refractivity (Wildman–Crippen MR) is 67.9 cm³/mol. The highest BCUT2D eigenvalue weighted by Gasteiger charge is 2.14. The van der Waals surface area contributed by atoms with Crippen molar-refractivity contribution in [3.8, 4) is 11.1 Å². The van der Waals surface area contributed by atoms with Crippen molar-refractivity contribution in [1.82, 2.24) is 0 Å². The third-order valence-electron chi connectivity index (χ3n) is 2.68. The third kappa shape index (κ3) is 2.42. The van der Waals surface area contributed by atoms with Gasteiger partial charge in [-0.2, -0.15) is 0 Å². The zero-order valence-electron chi connectivity index (χ0n) is 9.72. The fourth-order valence-corrected chi connectivity index (χ4v) is 2.47. The van der Waals surface area contributed by atoms with Gasteiger partial charge in [-0.3, -0.25) is 0 Å². The van der Waals surface area contributed by atoms with Crippen molar-refractivity contribution in [2.75, 3.05) is 0 Å². The van der Waals surface area contributed by atoms with Gasteiger partial charge in [-0.1, -0.05) is 30.3 Å². The van der Waals surface area contributed by atoms with Crippen LogP contribution in [-0.2, 0) is 10.0 Å². The summed E-state index contributed by atoms with van der Waals surface area (Å²) in [6, 6.07) is 10.8. The van der Waals surface area contributed by atoms with Gasteiger partial charge in [0.1, 0.15) is 5.82 Å². The first-order valence-electron chi connectivity index (χ1n) is 5.28. The van der Waals surface area contributed by atoms with E-state index in [0.717, 1.165) is 0 Å². The molecule has 0 radical (unpaired) electrons. The summed E-state index contributed by atoms with van der Waals surface area (Å²) in [6.45, 7) is 1.64. The lowest BCUT2D eigenvalue weighted by Crippen LogP contribution is -2.13. The van der Waals surface area contributed by atoms with Crippen LogP contribution in [0.2, 0.25) is 0 Å². The highest BCUT2D eigenvalue weighted by atomic mass is 32.2. The summed E-state index contributed by atoms with van der Waals surface area (Å²) in [7, 11) is -3.83. The maximum atomic E-state index is 13.5. The van der Waals surface area contributed by atoms with Crippen molar-refractivity contribution in [2.24, 2.45) is 5.14 Å². The Labute approximate surface area is 105 Å². The first kappa shape index (κ1) is 12.7.